The summed E-state index contributed by atoms with van der Waals surface area (Å²) in [7, 11) is -4.17. The van der Waals surface area contributed by atoms with E-state index < -0.39 is 7.11 Å². The smallest absolute Gasteiger partial charge is 0.569 e. The SMILES string of the molecule is CC1=[O+][B-](F)(F)Oc2ccccc21. The summed E-state index contributed by atoms with van der Waals surface area (Å²) >= 11 is 0. The van der Waals surface area contributed by atoms with Crippen molar-refractivity contribution in [1.82, 2.24) is 0 Å². The summed E-state index contributed by atoms with van der Waals surface area (Å²) in [5, 5.41) is 0. The van der Waals surface area contributed by atoms with Crippen molar-refractivity contribution < 1.29 is 17.6 Å². The van der Waals surface area contributed by atoms with Crippen molar-refractivity contribution in [1.29, 1.82) is 0 Å². The van der Waals surface area contributed by atoms with Gasteiger partial charge in [0.15, 0.2) is 0 Å². The molecule has 0 aliphatic carbocycles. The fraction of sp³-hybridized carbons (Fsp3) is 0.125. The van der Waals surface area contributed by atoms with Crippen molar-refractivity contribution in [3.8, 4) is 5.75 Å². The van der Waals surface area contributed by atoms with Gasteiger partial charge >= 0.3 is 7.11 Å². The van der Waals surface area contributed by atoms with E-state index in [0.717, 1.165) is 0 Å². The molecule has 1 heterocycles. The zero-order valence-electron chi connectivity index (χ0n) is 6.96. The van der Waals surface area contributed by atoms with E-state index >= 15 is 0 Å². The normalized spacial score (nSPS) is 18.5. The Morgan fingerprint density at radius 1 is 1.31 bits per heavy atom. The second-order valence-corrected chi connectivity index (χ2v) is 2.82. The molecule has 2 nitrogen and oxygen atoms in total. The second kappa shape index (κ2) is 2.55. The molecular formula is C8H7BF2O2. The van der Waals surface area contributed by atoms with Crippen molar-refractivity contribution in [3.63, 3.8) is 0 Å². The van der Waals surface area contributed by atoms with Crippen LogP contribution in [-0.4, -0.2) is 12.9 Å². The highest BCUT2D eigenvalue weighted by Crippen LogP contribution is 2.28. The molecule has 0 aromatic heterocycles. The van der Waals surface area contributed by atoms with Crippen molar-refractivity contribution in [2.45, 2.75) is 6.92 Å². The maximum absolute atomic E-state index is 12.7. The molecule has 0 atom stereocenters. The molecule has 1 aromatic carbocycles. The molecule has 0 fully saturated rings. The molecule has 68 valence electrons. The Bertz CT molecular complexity index is 376. The molecule has 2 rings (SSSR count). The zero-order chi connectivity index (χ0) is 9.47. The minimum atomic E-state index is -4.17. The summed E-state index contributed by atoms with van der Waals surface area (Å²) in [5.41, 5.74) is 0.579. The van der Waals surface area contributed by atoms with E-state index in [9.17, 15) is 8.63 Å². The Kier molecular flexibility index (Phi) is 1.61. The van der Waals surface area contributed by atoms with Gasteiger partial charge in [-0.05, 0) is 12.1 Å². The van der Waals surface area contributed by atoms with Crippen molar-refractivity contribution in [3.05, 3.63) is 29.8 Å². The molecule has 0 saturated heterocycles. The molecule has 0 amide bonds. The summed E-state index contributed by atoms with van der Waals surface area (Å²) in [6, 6.07) is 6.56. The number of hydrogen-bond acceptors (Lipinski definition) is 1. The number of para-hydroxylation sites is 1. The molecule has 0 saturated carbocycles. The van der Waals surface area contributed by atoms with E-state index in [4.69, 9.17) is 0 Å². The van der Waals surface area contributed by atoms with Crippen molar-refractivity contribution in [2.75, 3.05) is 0 Å². The number of fused-ring (bicyclic) bond motifs is 1. The van der Waals surface area contributed by atoms with E-state index in [1.54, 1.807) is 18.2 Å². The Morgan fingerprint density at radius 2 is 2.00 bits per heavy atom. The molecule has 5 heteroatoms. The second-order valence-electron chi connectivity index (χ2n) is 2.82. The third kappa shape index (κ3) is 1.41. The molecule has 1 aliphatic heterocycles. The van der Waals surface area contributed by atoms with Crippen LogP contribution >= 0.6 is 0 Å². The standard InChI is InChI=1S/C8H7BF2O2/c1-6-7-4-2-3-5-8(7)13-9(10,11)12-6/h2-5H,1H3. The van der Waals surface area contributed by atoms with Crippen LogP contribution in [0.1, 0.15) is 16.8 Å². The molecule has 1 aromatic rings. The molecule has 0 spiro atoms. The maximum atomic E-state index is 12.7. The Morgan fingerprint density at radius 3 is 2.77 bits per heavy atom. The van der Waals surface area contributed by atoms with Gasteiger partial charge in [-0.25, -0.2) is 0 Å². The largest absolute Gasteiger partial charge is 0.994 e. The van der Waals surface area contributed by atoms with Crippen LogP contribution in [0, 0.1) is 0 Å². The van der Waals surface area contributed by atoms with Crippen LogP contribution in [0.2, 0.25) is 0 Å². The summed E-state index contributed by atoms with van der Waals surface area (Å²) in [6.07, 6.45) is 0. The quantitative estimate of drug-likeness (QED) is 0.447. The molecule has 0 N–H and O–H groups in total. The predicted molar refractivity (Wildman–Crippen MR) is 45.0 cm³/mol. The van der Waals surface area contributed by atoms with E-state index in [-0.39, 0.29) is 11.5 Å². The molecule has 0 unspecified atom stereocenters. The first-order valence-corrected chi connectivity index (χ1v) is 3.89. The van der Waals surface area contributed by atoms with E-state index in [1.165, 1.54) is 13.0 Å². The topological polar surface area (TPSA) is 20.5 Å². The highest BCUT2D eigenvalue weighted by atomic mass is 19.3. The highest BCUT2D eigenvalue weighted by Gasteiger charge is 2.53. The molecule has 0 bridgehead atoms. The fourth-order valence-corrected chi connectivity index (χ4v) is 1.30. The van der Waals surface area contributed by atoms with Gasteiger partial charge in [-0.2, -0.15) is 0 Å². The number of ketones is 1. The van der Waals surface area contributed by atoms with Gasteiger partial charge in [-0.3, -0.25) is 0 Å². The molecule has 13 heavy (non-hydrogen) atoms. The first kappa shape index (κ1) is 8.22. The summed E-state index contributed by atoms with van der Waals surface area (Å²) < 4.78 is 34.2. The fourth-order valence-electron chi connectivity index (χ4n) is 1.30. The lowest BCUT2D eigenvalue weighted by molar-refractivity contribution is -0.181. The van der Waals surface area contributed by atoms with Crippen LogP contribution in [0.3, 0.4) is 0 Å². The van der Waals surface area contributed by atoms with Crippen molar-refractivity contribution >= 4 is 12.9 Å². The van der Waals surface area contributed by atoms with Gasteiger partial charge < -0.3 is 17.6 Å². The summed E-state index contributed by atoms with van der Waals surface area (Å²) in [6.45, 7) is 1.50. The lowest BCUT2D eigenvalue weighted by Gasteiger charge is -2.19. The predicted octanol–water partition coefficient (Wildman–Crippen LogP) is 2.19. The third-order valence-corrected chi connectivity index (χ3v) is 1.84. The first-order valence-electron chi connectivity index (χ1n) is 3.89. The van der Waals surface area contributed by atoms with Gasteiger partial charge in [0.1, 0.15) is 5.56 Å². The minimum Gasteiger partial charge on any atom is -0.569 e. The van der Waals surface area contributed by atoms with Crippen LogP contribution in [0.5, 0.6) is 5.75 Å². The number of rotatable bonds is 0. The van der Waals surface area contributed by atoms with E-state index in [1.807, 2.05) is 0 Å². The lowest BCUT2D eigenvalue weighted by atomic mass is 10.1. The molecular weight excluding hydrogens is 177 g/mol. The highest BCUT2D eigenvalue weighted by molar-refractivity contribution is 6.52. The van der Waals surface area contributed by atoms with Crippen LogP contribution in [-0.2, 0) is 0 Å². The average molecular weight is 184 g/mol. The minimum absolute atomic E-state index is 0.177. The van der Waals surface area contributed by atoms with Gasteiger partial charge in [-0.1, -0.05) is 12.1 Å². The van der Waals surface area contributed by atoms with Gasteiger partial charge in [0.05, 0.1) is 5.75 Å². The average Bonchev–Trinajstić information content (AvgIpc) is 2.02. The van der Waals surface area contributed by atoms with Crippen molar-refractivity contribution in [2.24, 2.45) is 0 Å². The summed E-state index contributed by atoms with van der Waals surface area (Å²) in [4.78, 5) is 0. The number of carbonyl (C=O) groups excluding carboxylic acids is 1. The van der Waals surface area contributed by atoms with Crippen LogP contribution in [0.15, 0.2) is 24.3 Å². The van der Waals surface area contributed by atoms with Gasteiger partial charge in [-0.15, -0.1) is 0 Å². The number of hydrogen-bond donors (Lipinski definition) is 0. The molecule has 1 aliphatic rings. The molecule has 0 radical (unpaired) electrons. The van der Waals surface area contributed by atoms with Crippen LogP contribution in [0.25, 0.3) is 0 Å². The maximum Gasteiger partial charge on any atom is 0.994 e. The summed E-state index contributed by atoms with van der Waals surface area (Å²) in [5.74, 6) is 0.378. The Balaban J connectivity index is 2.55. The number of benzene rings is 1. The van der Waals surface area contributed by atoms with Gasteiger partial charge in [0.25, 0.3) is 5.78 Å². The Labute approximate surface area is 73.9 Å². The number of halogens is 2. The Hall–Kier alpha value is -1.39. The van der Waals surface area contributed by atoms with Gasteiger partial charge in [0.2, 0.25) is 0 Å². The van der Waals surface area contributed by atoms with Crippen LogP contribution in [0.4, 0.5) is 8.63 Å². The van der Waals surface area contributed by atoms with Crippen LogP contribution < -0.4 is 4.65 Å². The van der Waals surface area contributed by atoms with E-state index in [0.29, 0.717) is 5.56 Å². The van der Waals surface area contributed by atoms with E-state index in [2.05, 4.69) is 9.00 Å². The first-order chi connectivity index (χ1) is 6.08. The lowest BCUT2D eigenvalue weighted by Crippen LogP contribution is -2.35. The monoisotopic (exact) mass is 184 g/mol. The zero-order valence-corrected chi connectivity index (χ0v) is 6.96. The third-order valence-electron chi connectivity index (χ3n) is 1.84. The van der Waals surface area contributed by atoms with Gasteiger partial charge in [0, 0.05) is 6.92 Å².